The summed E-state index contributed by atoms with van der Waals surface area (Å²) in [6, 6.07) is 6.69. The van der Waals surface area contributed by atoms with Gasteiger partial charge in [0, 0.05) is 25.8 Å². The number of likely N-dealkylation sites (tertiary alicyclic amines) is 1. The van der Waals surface area contributed by atoms with Crippen molar-refractivity contribution in [3.63, 3.8) is 0 Å². The van der Waals surface area contributed by atoms with Gasteiger partial charge < -0.3 is 26.3 Å². The number of nitrogens with one attached hydrogen (secondary N) is 3. The number of aromatic amines is 1. The van der Waals surface area contributed by atoms with Crippen LogP contribution in [0.1, 0.15) is 29.5 Å². The van der Waals surface area contributed by atoms with E-state index in [0.29, 0.717) is 38.2 Å². The van der Waals surface area contributed by atoms with Crippen LogP contribution in [0.2, 0.25) is 0 Å². The van der Waals surface area contributed by atoms with Gasteiger partial charge in [-0.15, -0.1) is 0 Å². The van der Waals surface area contributed by atoms with Crippen LogP contribution in [0.3, 0.4) is 0 Å². The van der Waals surface area contributed by atoms with Gasteiger partial charge in [-0.3, -0.25) is 4.79 Å². The van der Waals surface area contributed by atoms with E-state index in [1.165, 1.54) is 12.1 Å². The summed E-state index contributed by atoms with van der Waals surface area (Å²) in [7, 11) is 0. The Hall–Kier alpha value is -3.01. The highest BCUT2D eigenvalue weighted by molar-refractivity contribution is 6.04. The number of piperidine rings is 1. The fraction of sp³-hybridized carbons (Fsp3) is 0.400. The summed E-state index contributed by atoms with van der Waals surface area (Å²) in [5.41, 5.74) is 6.22. The number of carbonyl (C=O) groups excluding carboxylic acids is 1. The lowest BCUT2D eigenvalue weighted by Gasteiger charge is -2.40. The number of anilines is 1. The first-order chi connectivity index (χ1) is 14.3. The van der Waals surface area contributed by atoms with Crippen LogP contribution in [0.25, 0.3) is 0 Å². The third-order valence-corrected chi connectivity index (χ3v) is 5.61. The topological polar surface area (TPSA) is 98.5 Å². The Morgan fingerprint density at radius 1 is 1.20 bits per heavy atom. The van der Waals surface area contributed by atoms with E-state index in [-0.39, 0.29) is 12.5 Å². The molecule has 1 amide bonds. The van der Waals surface area contributed by atoms with Crippen LogP contribution >= 0.6 is 0 Å². The normalized spacial score (nSPS) is 18.3. The molecule has 0 unspecified atom stereocenters. The van der Waals surface area contributed by atoms with Gasteiger partial charge in [0.2, 0.25) is 5.91 Å². The first kappa shape index (κ1) is 20.3. The molecule has 4 rings (SSSR count). The Morgan fingerprint density at radius 3 is 2.57 bits per heavy atom. The van der Waals surface area contributed by atoms with Gasteiger partial charge in [0.1, 0.15) is 18.3 Å². The highest BCUT2D eigenvalue weighted by Gasteiger charge is 2.39. The minimum atomic E-state index is -4.38. The molecule has 0 spiro atoms. The summed E-state index contributed by atoms with van der Waals surface area (Å²) < 4.78 is 38.0. The summed E-state index contributed by atoms with van der Waals surface area (Å²) >= 11 is 0. The number of aromatic nitrogens is 1. The molecule has 0 bridgehead atoms. The number of H-pyrrole nitrogens is 1. The number of aliphatic imine (C=N–C) groups is 1. The van der Waals surface area contributed by atoms with E-state index >= 15 is 0 Å². The van der Waals surface area contributed by atoms with Crippen molar-refractivity contribution in [1.82, 2.24) is 15.2 Å². The Kier molecular flexibility index (Phi) is 5.19. The maximum Gasteiger partial charge on any atom is 0.416 e. The SMILES string of the molecule is NC1(C(=O)NCc2ccc(C(F)(F)F)cc2)CCN(C2=NCNc3[nH]ccc32)CC1. The zero-order valence-electron chi connectivity index (χ0n) is 16.2. The van der Waals surface area contributed by atoms with Gasteiger partial charge in [-0.25, -0.2) is 4.99 Å². The molecule has 3 heterocycles. The number of amides is 1. The summed E-state index contributed by atoms with van der Waals surface area (Å²) in [6.45, 7) is 1.80. The Labute approximate surface area is 171 Å². The van der Waals surface area contributed by atoms with Gasteiger partial charge in [0.05, 0.1) is 16.7 Å². The summed E-state index contributed by atoms with van der Waals surface area (Å²) in [5, 5.41) is 5.93. The predicted molar refractivity (Wildman–Crippen MR) is 107 cm³/mol. The van der Waals surface area contributed by atoms with Crippen molar-refractivity contribution in [2.24, 2.45) is 10.7 Å². The minimum Gasteiger partial charge on any atom is -0.356 e. The molecule has 0 aliphatic carbocycles. The number of alkyl halides is 3. The predicted octanol–water partition coefficient (Wildman–Crippen LogP) is 2.27. The number of hydrogen-bond donors (Lipinski definition) is 4. The van der Waals surface area contributed by atoms with E-state index in [1.807, 2.05) is 12.3 Å². The van der Waals surface area contributed by atoms with Crippen LogP contribution < -0.4 is 16.4 Å². The Morgan fingerprint density at radius 2 is 1.90 bits per heavy atom. The summed E-state index contributed by atoms with van der Waals surface area (Å²) in [6.07, 6.45) is -1.61. The lowest BCUT2D eigenvalue weighted by molar-refractivity contribution is -0.137. The standard InChI is InChI=1S/C20H23F3N6O/c21-20(22,23)14-3-1-13(2-4-14)11-26-18(30)19(24)6-9-29(10-7-19)17-15-5-8-25-16(15)27-12-28-17/h1-5,8,25,27H,6-7,9-12,24H2,(H,26,30). The van der Waals surface area contributed by atoms with Gasteiger partial charge in [-0.05, 0) is 36.6 Å². The average molecular weight is 420 g/mol. The van der Waals surface area contributed by atoms with Gasteiger partial charge >= 0.3 is 6.18 Å². The first-order valence-corrected chi connectivity index (χ1v) is 9.71. The Balaban J connectivity index is 1.33. The van der Waals surface area contributed by atoms with Crippen molar-refractivity contribution in [1.29, 1.82) is 0 Å². The molecule has 30 heavy (non-hydrogen) atoms. The molecule has 7 nitrogen and oxygen atoms in total. The molecule has 1 aromatic carbocycles. The molecule has 2 aliphatic heterocycles. The number of amidine groups is 1. The van der Waals surface area contributed by atoms with Crippen molar-refractivity contribution >= 4 is 17.6 Å². The maximum atomic E-state index is 12.7. The quantitative estimate of drug-likeness (QED) is 0.612. The van der Waals surface area contributed by atoms with E-state index in [2.05, 4.69) is 25.5 Å². The van der Waals surface area contributed by atoms with E-state index in [9.17, 15) is 18.0 Å². The molecule has 1 fully saturated rings. The number of hydrogen-bond acceptors (Lipinski definition) is 5. The molecule has 0 saturated carbocycles. The summed E-state index contributed by atoms with van der Waals surface area (Å²) in [4.78, 5) is 22.5. The molecule has 1 aromatic heterocycles. The molecule has 1 saturated heterocycles. The van der Waals surface area contributed by atoms with Crippen LogP contribution in [0.5, 0.6) is 0 Å². The highest BCUT2D eigenvalue weighted by atomic mass is 19.4. The number of rotatable bonds is 3. The fourth-order valence-electron chi connectivity index (χ4n) is 3.77. The van der Waals surface area contributed by atoms with Crippen LogP contribution in [0, 0.1) is 0 Å². The van der Waals surface area contributed by atoms with Crippen molar-refractivity contribution < 1.29 is 18.0 Å². The monoisotopic (exact) mass is 420 g/mol. The average Bonchev–Trinajstić information content (AvgIpc) is 3.21. The lowest BCUT2D eigenvalue weighted by atomic mass is 9.87. The second-order valence-corrected chi connectivity index (χ2v) is 7.60. The second kappa shape index (κ2) is 7.67. The maximum absolute atomic E-state index is 12.7. The number of halogens is 3. The van der Waals surface area contributed by atoms with Gasteiger partial charge in [0.15, 0.2) is 0 Å². The smallest absolute Gasteiger partial charge is 0.356 e. The molecule has 10 heteroatoms. The number of nitrogens with zero attached hydrogens (tertiary/aromatic N) is 2. The van der Waals surface area contributed by atoms with E-state index in [4.69, 9.17) is 5.73 Å². The molecular weight excluding hydrogens is 397 g/mol. The van der Waals surface area contributed by atoms with Crippen molar-refractivity contribution in [3.05, 3.63) is 53.2 Å². The molecule has 0 atom stereocenters. The van der Waals surface area contributed by atoms with Gasteiger partial charge in [-0.2, -0.15) is 13.2 Å². The molecule has 0 radical (unpaired) electrons. The van der Waals surface area contributed by atoms with E-state index in [0.717, 1.165) is 29.3 Å². The van der Waals surface area contributed by atoms with Gasteiger partial charge in [-0.1, -0.05) is 12.1 Å². The highest BCUT2D eigenvalue weighted by Crippen LogP contribution is 2.29. The van der Waals surface area contributed by atoms with Crippen molar-refractivity contribution in [2.45, 2.75) is 31.1 Å². The Bertz CT molecular complexity index is 942. The second-order valence-electron chi connectivity index (χ2n) is 7.60. The van der Waals surface area contributed by atoms with Crippen LogP contribution in [-0.4, -0.2) is 46.9 Å². The van der Waals surface area contributed by atoms with Crippen LogP contribution in [0.15, 0.2) is 41.5 Å². The van der Waals surface area contributed by atoms with Crippen molar-refractivity contribution in [2.75, 3.05) is 25.1 Å². The number of benzene rings is 1. The number of carbonyl (C=O) groups is 1. The molecule has 2 aliphatic rings. The number of fused-ring (bicyclic) bond motifs is 1. The molecule has 160 valence electrons. The molecule has 2 aromatic rings. The first-order valence-electron chi connectivity index (χ1n) is 9.71. The third kappa shape index (κ3) is 4.00. The van der Waals surface area contributed by atoms with Crippen LogP contribution in [0.4, 0.5) is 19.0 Å². The molecular formula is C20H23F3N6O. The lowest BCUT2D eigenvalue weighted by Crippen LogP contribution is -2.60. The van der Waals surface area contributed by atoms with Crippen LogP contribution in [-0.2, 0) is 17.5 Å². The number of nitrogens with two attached hydrogens (primary N) is 1. The zero-order chi connectivity index (χ0) is 21.4. The van der Waals surface area contributed by atoms with E-state index < -0.39 is 17.3 Å². The minimum absolute atomic E-state index is 0.130. The molecule has 5 N–H and O–H groups in total. The third-order valence-electron chi connectivity index (χ3n) is 5.61. The van der Waals surface area contributed by atoms with E-state index in [1.54, 1.807) is 0 Å². The summed E-state index contributed by atoms with van der Waals surface area (Å²) in [5.74, 6) is 1.52. The zero-order valence-corrected chi connectivity index (χ0v) is 16.2. The largest absolute Gasteiger partial charge is 0.416 e. The van der Waals surface area contributed by atoms with Crippen molar-refractivity contribution in [3.8, 4) is 0 Å². The fourth-order valence-corrected chi connectivity index (χ4v) is 3.77. The van der Waals surface area contributed by atoms with Gasteiger partial charge in [0.25, 0.3) is 0 Å².